The Bertz CT molecular complexity index is 1380. The maximum absolute atomic E-state index is 13.5. The SMILES string of the molecule is CCOc1ccc(-n2c(S[C@@H](C)C(=O)Nc3c(C)cccc3C)nc3ccccc3c2=O)cc1. The topological polar surface area (TPSA) is 73.2 Å². The molecule has 0 fully saturated rings. The number of hydrogen-bond donors (Lipinski definition) is 1. The van der Waals surface area contributed by atoms with E-state index in [0.717, 1.165) is 22.6 Å². The molecule has 6 nitrogen and oxygen atoms in total. The highest BCUT2D eigenvalue weighted by Crippen LogP contribution is 2.28. The van der Waals surface area contributed by atoms with Gasteiger partial charge in [0.2, 0.25) is 5.91 Å². The van der Waals surface area contributed by atoms with E-state index in [-0.39, 0.29) is 11.5 Å². The Labute approximate surface area is 203 Å². The molecule has 34 heavy (non-hydrogen) atoms. The van der Waals surface area contributed by atoms with Gasteiger partial charge in [0.15, 0.2) is 5.16 Å². The number of hydrogen-bond acceptors (Lipinski definition) is 5. The lowest BCUT2D eigenvalue weighted by molar-refractivity contribution is -0.115. The van der Waals surface area contributed by atoms with E-state index in [0.29, 0.717) is 28.4 Å². The van der Waals surface area contributed by atoms with Gasteiger partial charge in [-0.25, -0.2) is 4.98 Å². The number of benzene rings is 3. The lowest BCUT2D eigenvalue weighted by Gasteiger charge is -2.18. The van der Waals surface area contributed by atoms with Crippen molar-refractivity contribution < 1.29 is 9.53 Å². The number of nitrogens with zero attached hydrogens (tertiary/aromatic N) is 2. The summed E-state index contributed by atoms with van der Waals surface area (Å²) in [5, 5.41) is 3.53. The zero-order valence-electron chi connectivity index (χ0n) is 19.7. The van der Waals surface area contributed by atoms with Crippen molar-refractivity contribution in [2.24, 2.45) is 0 Å². The van der Waals surface area contributed by atoms with Crippen LogP contribution in [0.1, 0.15) is 25.0 Å². The molecule has 7 heteroatoms. The van der Waals surface area contributed by atoms with Gasteiger partial charge in [0.1, 0.15) is 5.75 Å². The second-order valence-electron chi connectivity index (χ2n) is 8.00. The van der Waals surface area contributed by atoms with E-state index in [1.807, 2.05) is 88.4 Å². The van der Waals surface area contributed by atoms with Crippen molar-refractivity contribution in [3.8, 4) is 11.4 Å². The minimum atomic E-state index is -0.485. The molecule has 0 radical (unpaired) electrons. The van der Waals surface area contributed by atoms with Crippen LogP contribution in [0.2, 0.25) is 0 Å². The molecule has 1 aromatic heterocycles. The number of fused-ring (bicyclic) bond motifs is 1. The number of ether oxygens (including phenoxy) is 1. The summed E-state index contributed by atoms with van der Waals surface area (Å²) < 4.78 is 7.10. The Hall–Kier alpha value is -3.58. The van der Waals surface area contributed by atoms with Gasteiger partial charge in [-0.3, -0.25) is 14.2 Å². The fraction of sp³-hybridized carbons (Fsp3) is 0.222. The first-order valence-corrected chi connectivity index (χ1v) is 12.1. The van der Waals surface area contributed by atoms with E-state index < -0.39 is 5.25 Å². The van der Waals surface area contributed by atoms with Crippen molar-refractivity contribution in [2.45, 2.75) is 38.1 Å². The summed E-state index contributed by atoms with van der Waals surface area (Å²) in [5.41, 5.74) is 3.90. The van der Waals surface area contributed by atoms with Gasteiger partial charge in [0, 0.05) is 5.69 Å². The summed E-state index contributed by atoms with van der Waals surface area (Å²) in [5.74, 6) is 0.576. The van der Waals surface area contributed by atoms with E-state index >= 15 is 0 Å². The van der Waals surface area contributed by atoms with E-state index in [1.165, 1.54) is 11.8 Å². The lowest BCUT2D eigenvalue weighted by Crippen LogP contribution is -2.26. The molecule has 0 unspecified atom stereocenters. The fourth-order valence-electron chi connectivity index (χ4n) is 3.73. The largest absolute Gasteiger partial charge is 0.494 e. The van der Waals surface area contributed by atoms with Crippen LogP contribution in [-0.2, 0) is 4.79 Å². The van der Waals surface area contributed by atoms with Crippen molar-refractivity contribution in [3.63, 3.8) is 0 Å². The second-order valence-corrected chi connectivity index (χ2v) is 9.30. The maximum Gasteiger partial charge on any atom is 0.266 e. The molecule has 1 N–H and O–H groups in total. The minimum Gasteiger partial charge on any atom is -0.494 e. The van der Waals surface area contributed by atoms with Crippen molar-refractivity contribution in [2.75, 3.05) is 11.9 Å². The molecule has 174 valence electrons. The third kappa shape index (κ3) is 4.84. The summed E-state index contributed by atoms with van der Waals surface area (Å²) in [6, 6.07) is 20.5. The number of thioether (sulfide) groups is 1. The zero-order chi connectivity index (χ0) is 24.2. The summed E-state index contributed by atoms with van der Waals surface area (Å²) in [6.07, 6.45) is 0. The highest BCUT2D eigenvalue weighted by atomic mass is 32.2. The highest BCUT2D eigenvalue weighted by Gasteiger charge is 2.21. The van der Waals surface area contributed by atoms with Crippen LogP contribution >= 0.6 is 11.8 Å². The van der Waals surface area contributed by atoms with Gasteiger partial charge in [-0.2, -0.15) is 0 Å². The van der Waals surface area contributed by atoms with Gasteiger partial charge in [0.25, 0.3) is 5.56 Å². The quantitative estimate of drug-likeness (QED) is 0.283. The Morgan fingerprint density at radius 3 is 2.38 bits per heavy atom. The third-order valence-corrected chi connectivity index (χ3v) is 6.58. The van der Waals surface area contributed by atoms with E-state index in [4.69, 9.17) is 9.72 Å². The van der Waals surface area contributed by atoms with E-state index in [1.54, 1.807) is 10.6 Å². The van der Waals surface area contributed by atoms with Crippen LogP contribution in [0, 0.1) is 13.8 Å². The van der Waals surface area contributed by atoms with Crippen molar-refractivity contribution in [1.29, 1.82) is 0 Å². The predicted molar refractivity (Wildman–Crippen MR) is 138 cm³/mol. The van der Waals surface area contributed by atoms with Crippen molar-refractivity contribution in [3.05, 3.63) is 88.2 Å². The number of rotatable bonds is 7. The molecule has 0 aliphatic carbocycles. The first kappa shape index (κ1) is 23.6. The van der Waals surface area contributed by atoms with Gasteiger partial charge in [-0.05, 0) is 75.2 Å². The molecule has 0 saturated heterocycles. The normalized spacial score (nSPS) is 11.9. The van der Waals surface area contributed by atoms with Gasteiger partial charge in [-0.15, -0.1) is 0 Å². The number of carbonyl (C=O) groups excluding carboxylic acids is 1. The van der Waals surface area contributed by atoms with Crippen LogP contribution in [0.15, 0.2) is 76.7 Å². The number of aryl methyl sites for hydroxylation is 2. The molecule has 1 amide bonds. The van der Waals surface area contributed by atoms with Crippen LogP contribution in [0.25, 0.3) is 16.6 Å². The molecule has 1 atom stereocenters. The predicted octanol–water partition coefficient (Wildman–Crippen LogP) is 5.52. The Kier molecular flexibility index (Phi) is 7.03. The molecule has 3 aromatic carbocycles. The van der Waals surface area contributed by atoms with Gasteiger partial charge >= 0.3 is 0 Å². The Morgan fingerprint density at radius 1 is 1.03 bits per heavy atom. The standard InChI is InChI=1S/C27H27N3O3S/c1-5-33-21-15-13-20(14-16-21)30-26(32)22-11-6-7-12-23(22)28-27(30)34-19(4)25(31)29-24-17(2)9-8-10-18(24)3/h6-16,19H,5H2,1-4H3,(H,29,31)/t19-/m0/s1. The fourth-order valence-corrected chi connectivity index (χ4v) is 4.65. The molecule has 0 spiro atoms. The number of anilines is 1. The monoisotopic (exact) mass is 473 g/mol. The summed E-state index contributed by atoms with van der Waals surface area (Å²) in [7, 11) is 0. The van der Waals surface area contributed by atoms with E-state index in [2.05, 4.69) is 5.32 Å². The second kappa shape index (κ2) is 10.1. The highest BCUT2D eigenvalue weighted by molar-refractivity contribution is 8.00. The number of para-hydroxylation sites is 2. The molecule has 0 aliphatic rings. The molecule has 4 aromatic rings. The molecule has 4 rings (SSSR count). The van der Waals surface area contributed by atoms with Crippen molar-refractivity contribution >= 4 is 34.3 Å². The first-order chi connectivity index (χ1) is 16.4. The van der Waals surface area contributed by atoms with Crippen LogP contribution in [0.5, 0.6) is 5.75 Å². The third-order valence-electron chi connectivity index (χ3n) is 5.53. The van der Waals surface area contributed by atoms with Crippen LogP contribution in [0.4, 0.5) is 5.69 Å². The number of carbonyl (C=O) groups is 1. The average Bonchev–Trinajstić information content (AvgIpc) is 2.82. The zero-order valence-corrected chi connectivity index (χ0v) is 20.5. The molecule has 0 bridgehead atoms. The minimum absolute atomic E-state index is 0.150. The number of nitrogens with one attached hydrogen (secondary N) is 1. The smallest absolute Gasteiger partial charge is 0.266 e. The summed E-state index contributed by atoms with van der Waals surface area (Å²) in [4.78, 5) is 31.3. The maximum atomic E-state index is 13.5. The number of amides is 1. The Balaban J connectivity index is 1.71. The summed E-state index contributed by atoms with van der Waals surface area (Å²) >= 11 is 1.26. The molecule has 0 saturated carbocycles. The van der Waals surface area contributed by atoms with Gasteiger partial charge in [-0.1, -0.05) is 42.1 Å². The number of aromatic nitrogens is 2. The van der Waals surface area contributed by atoms with Gasteiger partial charge < -0.3 is 10.1 Å². The van der Waals surface area contributed by atoms with Crippen LogP contribution in [0.3, 0.4) is 0 Å². The van der Waals surface area contributed by atoms with Gasteiger partial charge in [0.05, 0.1) is 28.4 Å². The lowest BCUT2D eigenvalue weighted by atomic mass is 10.1. The van der Waals surface area contributed by atoms with Crippen LogP contribution < -0.4 is 15.6 Å². The molecular formula is C27H27N3O3S. The molecule has 1 heterocycles. The molecule has 0 aliphatic heterocycles. The van der Waals surface area contributed by atoms with Crippen molar-refractivity contribution in [1.82, 2.24) is 9.55 Å². The first-order valence-electron chi connectivity index (χ1n) is 11.2. The van der Waals surface area contributed by atoms with E-state index in [9.17, 15) is 9.59 Å². The average molecular weight is 474 g/mol. The van der Waals surface area contributed by atoms with Crippen LogP contribution in [-0.4, -0.2) is 27.3 Å². The summed E-state index contributed by atoms with van der Waals surface area (Å²) in [6.45, 7) is 8.23. The Morgan fingerprint density at radius 2 is 1.71 bits per heavy atom. The molecular weight excluding hydrogens is 446 g/mol.